The molecule has 0 spiro atoms. The lowest BCUT2D eigenvalue weighted by Gasteiger charge is -2.38. The molecule has 1 aliphatic rings. The van der Waals surface area contributed by atoms with Crippen LogP contribution in [-0.4, -0.2) is 33.8 Å². The van der Waals surface area contributed by atoms with E-state index in [1.807, 2.05) is 0 Å². The van der Waals surface area contributed by atoms with Crippen molar-refractivity contribution in [3.05, 3.63) is 18.0 Å². The standard InChI is InChI=1S/C16H30N4/c1-4-13(3)20-9-7-15(18-20)12-19-8-6-14(5-2)10-16(19)11-17/h7,9,13-14,16H,4-6,8,10-12,17H2,1-3H3. The Morgan fingerprint density at radius 2 is 2.25 bits per heavy atom. The van der Waals surface area contributed by atoms with Gasteiger partial charge in [-0.2, -0.15) is 5.10 Å². The van der Waals surface area contributed by atoms with E-state index in [2.05, 4.69) is 42.6 Å². The van der Waals surface area contributed by atoms with Crippen molar-refractivity contribution in [2.24, 2.45) is 11.7 Å². The third-order valence-electron chi connectivity index (χ3n) is 4.87. The van der Waals surface area contributed by atoms with E-state index in [-0.39, 0.29) is 0 Å². The molecule has 2 heterocycles. The zero-order valence-corrected chi connectivity index (χ0v) is 13.3. The lowest BCUT2D eigenvalue weighted by molar-refractivity contribution is 0.106. The molecule has 2 N–H and O–H groups in total. The summed E-state index contributed by atoms with van der Waals surface area (Å²) in [5, 5.41) is 4.72. The first-order chi connectivity index (χ1) is 9.67. The minimum absolute atomic E-state index is 0.486. The van der Waals surface area contributed by atoms with Gasteiger partial charge in [-0.3, -0.25) is 9.58 Å². The summed E-state index contributed by atoms with van der Waals surface area (Å²) in [4.78, 5) is 2.52. The number of hydrogen-bond acceptors (Lipinski definition) is 3. The van der Waals surface area contributed by atoms with Crippen LogP contribution in [0.15, 0.2) is 12.3 Å². The van der Waals surface area contributed by atoms with E-state index in [0.29, 0.717) is 12.1 Å². The van der Waals surface area contributed by atoms with Crippen LogP contribution in [0.5, 0.6) is 0 Å². The summed E-state index contributed by atoms with van der Waals surface area (Å²) in [6.07, 6.45) is 7.07. The van der Waals surface area contributed by atoms with Crippen LogP contribution in [0.1, 0.15) is 58.2 Å². The van der Waals surface area contributed by atoms with Gasteiger partial charge in [0.05, 0.1) is 5.69 Å². The van der Waals surface area contributed by atoms with Gasteiger partial charge in [-0.15, -0.1) is 0 Å². The molecule has 0 radical (unpaired) electrons. The van der Waals surface area contributed by atoms with E-state index in [4.69, 9.17) is 10.8 Å². The van der Waals surface area contributed by atoms with Crippen LogP contribution in [0.4, 0.5) is 0 Å². The fraction of sp³-hybridized carbons (Fsp3) is 0.812. The fourth-order valence-corrected chi connectivity index (χ4v) is 3.11. The summed E-state index contributed by atoms with van der Waals surface area (Å²) in [6, 6.07) is 3.17. The second-order valence-electron chi connectivity index (χ2n) is 6.20. The maximum Gasteiger partial charge on any atom is 0.0765 e. The lowest BCUT2D eigenvalue weighted by Crippen LogP contribution is -2.46. The van der Waals surface area contributed by atoms with E-state index < -0.39 is 0 Å². The Hall–Kier alpha value is -0.870. The normalized spacial score (nSPS) is 25.8. The van der Waals surface area contributed by atoms with Crippen molar-refractivity contribution in [3.8, 4) is 0 Å². The van der Waals surface area contributed by atoms with Crippen LogP contribution >= 0.6 is 0 Å². The van der Waals surface area contributed by atoms with Gasteiger partial charge in [0.1, 0.15) is 0 Å². The largest absolute Gasteiger partial charge is 0.329 e. The SMILES string of the molecule is CCC1CCN(Cc2ccn(C(C)CC)n2)C(CN)C1. The third-order valence-corrected chi connectivity index (χ3v) is 4.87. The molecule has 114 valence electrons. The summed E-state index contributed by atoms with van der Waals surface area (Å²) < 4.78 is 2.09. The molecule has 4 heteroatoms. The van der Waals surface area contributed by atoms with Gasteiger partial charge in [0.2, 0.25) is 0 Å². The first-order valence-corrected chi connectivity index (χ1v) is 8.16. The molecule has 0 amide bonds. The highest BCUT2D eigenvalue weighted by Crippen LogP contribution is 2.26. The molecular weight excluding hydrogens is 248 g/mol. The van der Waals surface area contributed by atoms with Crippen molar-refractivity contribution >= 4 is 0 Å². The van der Waals surface area contributed by atoms with Gasteiger partial charge >= 0.3 is 0 Å². The predicted molar refractivity (Wildman–Crippen MR) is 83.5 cm³/mol. The quantitative estimate of drug-likeness (QED) is 0.870. The highest BCUT2D eigenvalue weighted by molar-refractivity contribution is 5.01. The van der Waals surface area contributed by atoms with Gasteiger partial charge in [-0.05, 0) is 44.7 Å². The Labute approximate surface area is 123 Å². The Morgan fingerprint density at radius 1 is 1.45 bits per heavy atom. The molecule has 1 saturated heterocycles. The maximum atomic E-state index is 5.97. The van der Waals surface area contributed by atoms with Gasteiger partial charge in [-0.25, -0.2) is 0 Å². The monoisotopic (exact) mass is 278 g/mol. The molecule has 1 aliphatic heterocycles. The average Bonchev–Trinajstić information content (AvgIpc) is 2.95. The number of nitrogens with two attached hydrogens (primary N) is 1. The van der Waals surface area contributed by atoms with Crippen molar-refractivity contribution in [3.63, 3.8) is 0 Å². The first-order valence-electron chi connectivity index (χ1n) is 8.16. The van der Waals surface area contributed by atoms with Crippen LogP contribution in [0.3, 0.4) is 0 Å². The predicted octanol–water partition coefficient (Wildman–Crippen LogP) is 2.80. The van der Waals surface area contributed by atoms with Crippen LogP contribution < -0.4 is 5.73 Å². The van der Waals surface area contributed by atoms with Crippen molar-refractivity contribution < 1.29 is 0 Å². The average molecular weight is 278 g/mol. The third kappa shape index (κ3) is 3.61. The minimum atomic E-state index is 0.486. The number of aromatic nitrogens is 2. The molecule has 3 unspecified atom stereocenters. The summed E-state index contributed by atoms with van der Waals surface area (Å²) in [6.45, 7) is 9.58. The lowest BCUT2D eigenvalue weighted by atomic mass is 9.89. The Balaban J connectivity index is 1.96. The minimum Gasteiger partial charge on any atom is -0.329 e. The van der Waals surface area contributed by atoms with Crippen molar-refractivity contribution in [1.29, 1.82) is 0 Å². The number of rotatable bonds is 6. The van der Waals surface area contributed by atoms with Crippen LogP contribution in [0.2, 0.25) is 0 Å². The molecule has 20 heavy (non-hydrogen) atoms. The number of piperidine rings is 1. The molecule has 3 atom stereocenters. The highest BCUT2D eigenvalue weighted by Gasteiger charge is 2.27. The summed E-state index contributed by atoms with van der Waals surface area (Å²) in [5.74, 6) is 0.859. The van der Waals surface area contributed by atoms with Gasteiger partial charge in [0.15, 0.2) is 0 Å². The zero-order chi connectivity index (χ0) is 14.5. The van der Waals surface area contributed by atoms with E-state index in [9.17, 15) is 0 Å². The fourth-order valence-electron chi connectivity index (χ4n) is 3.11. The summed E-state index contributed by atoms with van der Waals surface area (Å²) in [5.41, 5.74) is 7.15. The summed E-state index contributed by atoms with van der Waals surface area (Å²) in [7, 11) is 0. The van der Waals surface area contributed by atoms with Gasteiger partial charge in [0.25, 0.3) is 0 Å². The Kier molecular flexibility index (Phi) is 5.61. The van der Waals surface area contributed by atoms with Gasteiger partial charge in [-0.1, -0.05) is 20.3 Å². The molecule has 0 saturated carbocycles. The van der Waals surface area contributed by atoms with Crippen molar-refractivity contribution in [2.45, 2.75) is 65.1 Å². The van der Waals surface area contributed by atoms with Crippen molar-refractivity contribution in [2.75, 3.05) is 13.1 Å². The van der Waals surface area contributed by atoms with Crippen LogP contribution in [0, 0.1) is 5.92 Å². The summed E-state index contributed by atoms with van der Waals surface area (Å²) >= 11 is 0. The van der Waals surface area contributed by atoms with E-state index in [1.165, 1.54) is 25.0 Å². The molecule has 0 aliphatic carbocycles. The number of likely N-dealkylation sites (tertiary alicyclic amines) is 1. The van der Waals surface area contributed by atoms with Crippen LogP contribution in [0.25, 0.3) is 0 Å². The molecule has 0 aromatic carbocycles. The van der Waals surface area contributed by atoms with Crippen LogP contribution in [-0.2, 0) is 6.54 Å². The highest BCUT2D eigenvalue weighted by atomic mass is 15.3. The molecule has 1 aromatic rings. The van der Waals surface area contributed by atoms with E-state index in [1.54, 1.807) is 0 Å². The second kappa shape index (κ2) is 7.23. The van der Waals surface area contributed by atoms with Gasteiger partial charge < -0.3 is 5.73 Å². The van der Waals surface area contributed by atoms with E-state index in [0.717, 1.165) is 32.0 Å². The first kappa shape index (κ1) is 15.5. The van der Waals surface area contributed by atoms with E-state index >= 15 is 0 Å². The number of nitrogens with zero attached hydrogens (tertiary/aromatic N) is 3. The second-order valence-corrected chi connectivity index (χ2v) is 6.20. The smallest absolute Gasteiger partial charge is 0.0765 e. The van der Waals surface area contributed by atoms with Gasteiger partial charge in [0, 0.05) is 31.4 Å². The zero-order valence-electron chi connectivity index (χ0n) is 13.3. The molecular formula is C16H30N4. The molecule has 4 nitrogen and oxygen atoms in total. The topological polar surface area (TPSA) is 47.1 Å². The molecule has 1 fully saturated rings. The molecule has 0 bridgehead atoms. The Morgan fingerprint density at radius 3 is 2.90 bits per heavy atom. The Bertz CT molecular complexity index is 401. The molecule has 1 aromatic heterocycles. The van der Waals surface area contributed by atoms with Crippen molar-refractivity contribution in [1.82, 2.24) is 14.7 Å². The maximum absolute atomic E-state index is 5.97. The number of hydrogen-bond donors (Lipinski definition) is 1. The molecule has 2 rings (SSSR count).